The quantitative estimate of drug-likeness (QED) is 0.797. The maximum Gasteiger partial charge on any atom is 0.222 e. The zero-order valence-corrected chi connectivity index (χ0v) is 10.9. The van der Waals surface area contributed by atoms with Crippen LogP contribution in [0, 0.1) is 5.92 Å². The molecule has 1 saturated heterocycles. The fourth-order valence-corrected chi connectivity index (χ4v) is 2.75. The minimum absolute atomic E-state index is 0.332. The van der Waals surface area contributed by atoms with Crippen LogP contribution >= 0.6 is 0 Å². The Balaban J connectivity index is 1.68. The lowest BCUT2D eigenvalue weighted by molar-refractivity contribution is -0.135. The third kappa shape index (κ3) is 3.42. The lowest BCUT2D eigenvalue weighted by atomic mass is 9.79. The van der Waals surface area contributed by atoms with Gasteiger partial charge in [-0.25, -0.2) is 0 Å². The molecule has 0 bridgehead atoms. The molecule has 4 heteroatoms. The molecule has 4 nitrogen and oxygen atoms in total. The van der Waals surface area contributed by atoms with Crippen molar-refractivity contribution in [3.05, 3.63) is 0 Å². The Hall–Kier alpha value is -0.610. The lowest BCUT2D eigenvalue weighted by Gasteiger charge is -2.37. The summed E-state index contributed by atoms with van der Waals surface area (Å²) in [6.45, 7) is 7.61. The van der Waals surface area contributed by atoms with Gasteiger partial charge in [0.2, 0.25) is 5.91 Å². The van der Waals surface area contributed by atoms with E-state index in [-0.39, 0.29) is 0 Å². The molecule has 98 valence electrons. The second kappa shape index (κ2) is 5.83. The molecule has 2 rings (SSSR count). The zero-order chi connectivity index (χ0) is 12.3. The first-order chi connectivity index (χ1) is 8.19. The molecule has 2 fully saturated rings. The first-order valence-corrected chi connectivity index (χ1v) is 6.81. The molecule has 1 aliphatic carbocycles. The number of piperazine rings is 1. The van der Waals surface area contributed by atoms with E-state index < -0.39 is 0 Å². The molecule has 17 heavy (non-hydrogen) atoms. The number of nitrogens with one attached hydrogen (secondary N) is 1. The van der Waals surface area contributed by atoms with E-state index >= 15 is 0 Å². The summed E-state index contributed by atoms with van der Waals surface area (Å²) >= 11 is 0. The highest BCUT2D eigenvalue weighted by atomic mass is 16.5. The minimum Gasteiger partial charge on any atom is -0.378 e. The number of hydrogen-bond acceptors (Lipinski definition) is 3. The summed E-state index contributed by atoms with van der Waals surface area (Å²) < 4.78 is 5.52. The van der Waals surface area contributed by atoms with Crippen LogP contribution in [0.4, 0.5) is 0 Å². The maximum absolute atomic E-state index is 12.1. The van der Waals surface area contributed by atoms with Crippen LogP contribution in [-0.2, 0) is 9.53 Å². The van der Waals surface area contributed by atoms with Crippen LogP contribution in [0.5, 0.6) is 0 Å². The molecule has 1 N–H and O–H groups in total. The monoisotopic (exact) mass is 240 g/mol. The van der Waals surface area contributed by atoms with Crippen LogP contribution < -0.4 is 5.32 Å². The Kier molecular flexibility index (Phi) is 4.40. The van der Waals surface area contributed by atoms with Crippen LogP contribution in [0.3, 0.4) is 0 Å². The number of carbonyl (C=O) groups excluding carboxylic acids is 1. The number of hydrogen-bond donors (Lipinski definition) is 1. The predicted molar refractivity (Wildman–Crippen MR) is 66.8 cm³/mol. The molecule has 2 aliphatic rings. The zero-order valence-electron chi connectivity index (χ0n) is 10.9. The lowest BCUT2D eigenvalue weighted by Crippen LogP contribution is -2.52. The second-order valence-electron chi connectivity index (χ2n) is 5.31. The van der Waals surface area contributed by atoms with E-state index in [0.29, 0.717) is 24.0 Å². The van der Waals surface area contributed by atoms with Gasteiger partial charge in [0.25, 0.3) is 0 Å². The predicted octanol–water partition coefficient (Wildman–Crippen LogP) is 1.01. The van der Waals surface area contributed by atoms with Crippen molar-refractivity contribution in [2.75, 3.05) is 26.2 Å². The average molecular weight is 240 g/mol. The molecular formula is C13H24N2O2. The normalized spacial score (nSPS) is 33.3. The highest BCUT2D eigenvalue weighted by molar-refractivity contribution is 5.76. The number of amides is 1. The average Bonchev–Trinajstić information content (AvgIpc) is 2.26. The molecule has 0 aromatic heterocycles. The second-order valence-corrected chi connectivity index (χ2v) is 5.31. The van der Waals surface area contributed by atoms with E-state index in [9.17, 15) is 4.79 Å². The molecule has 1 aliphatic heterocycles. The third-order valence-electron chi connectivity index (χ3n) is 3.78. The molecule has 0 aromatic carbocycles. The van der Waals surface area contributed by atoms with Crippen molar-refractivity contribution >= 4 is 5.91 Å². The fourth-order valence-electron chi connectivity index (χ4n) is 2.75. The molecule has 0 unspecified atom stereocenters. The highest BCUT2D eigenvalue weighted by Crippen LogP contribution is 2.33. The van der Waals surface area contributed by atoms with Crippen molar-refractivity contribution in [1.29, 1.82) is 0 Å². The summed E-state index contributed by atoms with van der Waals surface area (Å²) in [4.78, 5) is 14.1. The summed E-state index contributed by atoms with van der Waals surface area (Å²) in [5.74, 6) is 0.891. The molecule has 1 heterocycles. The van der Waals surface area contributed by atoms with Crippen LogP contribution in [0.1, 0.15) is 33.1 Å². The van der Waals surface area contributed by atoms with Crippen molar-refractivity contribution in [3.63, 3.8) is 0 Å². The van der Waals surface area contributed by atoms with E-state index in [1.807, 2.05) is 11.8 Å². The van der Waals surface area contributed by atoms with Crippen LogP contribution in [0.2, 0.25) is 0 Å². The van der Waals surface area contributed by atoms with Gasteiger partial charge in [-0.05, 0) is 32.6 Å². The van der Waals surface area contributed by atoms with Crippen molar-refractivity contribution in [1.82, 2.24) is 10.2 Å². The SMILES string of the molecule is CCOC1CC(CC(=O)N2CCN[C@H](C)C2)C1. The van der Waals surface area contributed by atoms with Gasteiger partial charge >= 0.3 is 0 Å². The van der Waals surface area contributed by atoms with Gasteiger partial charge in [-0.2, -0.15) is 0 Å². The number of carbonyl (C=O) groups is 1. The van der Waals surface area contributed by atoms with Crippen LogP contribution in [0.25, 0.3) is 0 Å². The smallest absolute Gasteiger partial charge is 0.222 e. The van der Waals surface area contributed by atoms with Gasteiger partial charge < -0.3 is 15.0 Å². The highest BCUT2D eigenvalue weighted by Gasteiger charge is 2.32. The van der Waals surface area contributed by atoms with E-state index in [1.54, 1.807) is 0 Å². The van der Waals surface area contributed by atoms with Crippen molar-refractivity contribution in [3.8, 4) is 0 Å². The van der Waals surface area contributed by atoms with Crippen LogP contribution in [-0.4, -0.2) is 49.2 Å². The van der Waals surface area contributed by atoms with Gasteiger partial charge in [0.05, 0.1) is 6.10 Å². The maximum atomic E-state index is 12.1. The van der Waals surface area contributed by atoms with Crippen molar-refractivity contribution < 1.29 is 9.53 Å². The third-order valence-corrected chi connectivity index (χ3v) is 3.78. The molecular weight excluding hydrogens is 216 g/mol. The minimum atomic E-state index is 0.332. The van der Waals surface area contributed by atoms with E-state index in [1.165, 1.54) is 0 Å². The summed E-state index contributed by atoms with van der Waals surface area (Å²) in [5.41, 5.74) is 0. The van der Waals surface area contributed by atoms with Gasteiger partial charge in [-0.3, -0.25) is 4.79 Å². The number of nitrogens with zero attached hydrogens (tertiary/aromatic N) is 1. The van der Waals surface area contributed by atoms with Gasteiger partial charge in [-0.1, -0.05) is 0 Å². The Labute approximate surface area is 104 Å². The molecule has 0 aromatic rings. The van der Waals surface area contributed by atoms with Gasteiger partial charge in [-0.15, -0.1) is 0 Å². The summed E-state index contributed by atoms with van der Waals surface area (Å²) in [6, 6.07) is 0.435. The summed E-state index contributed by atoms with van der Waals surface area (Å²) in [7, 11) is 0. The molecule has 0 spiro atoms. The van der Waals surface area contributed by atoms with E-state index in [2.05, 4.69) is 12.2 Å². The fraction of sp³-hybridized carbons (Fsp3) is 0.923. The van der Waals surface area contributed by atoms with Gasteiger partial charge in [0.15, 0.2) is 0 Å². The molecule has 1 atom stereocenters. The topological polar surface area (TPSA) is 41.6 Å². The summed E-state index contributed by atoms with van der Waals surface area (Å²) in [5, 5.41) is 3.36. The molecule has 1 saturated carbocycles. The molecule has 1 amide bonds. The first kappa shape index (κ1) is 12.8. The Morgan fingerprint density at radius 3 is 2.88 bits per heavy atom. The number of rotatable bonds is 4. The van der Waals surface area contributed by atoms with Gasteiger partial charge in [0, 0.05) is 38.7 Å². The summed E-state index contributed by atoms with van der Waals surface area (Å²) in [6.07, 6.45) is 3.28. The van der Waals surface area contributed by atoms with E-state index in [4.69, 9.17) is 4.74 Å². The molecule has 0 radical (unpaired) electrons. The number of ether oxygens (including phenoxy) is 1. The van der Waals surface area contributed by atoms with E-state index in [0.717, 1.165) is 45.5 Å². The first-order valence-electron chi connectivity index (χ1n) is 6.81. The van der Waals surface area contributed by atoms with Crippen LogP contribution in [0.15, 0.2) is 0 Å². The Morgan fingerprint density at radius 2 is 2.24 bits per heavy atom. The standard InChI is InChI=1S/C13H24N2O2/c1-3-17-12-6-11(7-12)8-13(16)15-5-4-14-10(2)9-15/h10-12,14H,3-9H2,1-2H3/t10-,11?,12?/m1/s1. The van der Waals surface area contributed by atoms with Crippen molar-refractivity contribution in [2.24, 2.45) is 5.92 Å². The van der Waals surface area contributed by atoms with Gasteiger partial charge in [0.1, 0.15) is 0 Å². The van der Waals surface area contributed by atoms with Crippen molar-refractivity contribution in [2.45, 2.75) is 45.3 Å². The Morgan fingerprint density at radius 1 is 1.47 bits per heavy atom. The largest absolute Gasteiger partial charge is 0.378 e. The Bertz CT molecular complexity index is 264.